The maximum atomic E-state index is 12.3. The highest BCUT2D eigenvalue weighted by atomic mass is 32.1. The Morgan fingerprint density at radius 2 is 2.00 bits per heavy atom. The molecule has 0 aliphatic heterocycles. The molecule has 0 unspecified atom stereocenters. The third-order valence-electron chi connectivity index (χ3n) is 3.62. The summed E-state index contributed by atoms with van der Waals surface area (Å²) in [5.74, 6) is -1.77. The summed E-state index contributed by atoms with van der Waals surface area (Å²) in [6, 6.07) is 8.86. The van der Waals surface area contributed by atoms with Gasteiger partial charge in [-0.25, -0.2) is 4.79 Å². The number of amides is 2. The van der Waals surface area contributed by atoms with Crippen LogP contribution in [0.4, 0.5) is 5.00 Å². The number of ether oxygens (including phenoxy) is 1. The number of carbonyl (C=O) groups excluding carboxylic acids is 3. The molecule has 0 saturated carbocycles. The van der Waals surface area contributed by atoms with Gasteiger partial charge in [-0.2, -0.15) is 0 Å². The Balaban J connectivity index is 1.67. The number of hydrogen-bond acceptors (Lipinski definition) is 5. The minimum atomic E-state index is -0.636. The zero-order chi connectivity index (χ0) is 18.0. The molecule has 3 rings (SSSR count). The third-order valence-corrected chi connectivity index (χ3v) is 4.45. The van der Waals surface area contributed by atoms with Crippen LogP contribution in [0.25, 0.3) is 10.9 Å². The molecular formula is C17H15N3O4S. The summed E-state index contributed by atoms with van der Waals surface area (Å²) in [6.07, 6.45) is 0. The van der Waals surface area contributed by atoms with Gasteiger partial charge >= 0.3 is 5.97 Å². The zero-order valence-corrected chi connectivity index (χ0v) is 14.1. The van der Waals surface area contributed by atoms with Crippen molar-refractivity contribution in [2.45, 2.75) is 6.92 Å². The van der Waals surface area contributed by atoms with Crippen molar-refractivity contribution in [1.29, 1.82) is 0 Å². The first-order valence-corrected chi connectivity index (χ1v) is 8.27. The van der Waals surface area contributed by atoms with Crippen LogP contribution in [-0.4, -0.2) is 29.4 Å². The van der Waals surface area contributed by atoms with E-state index in [0.717, 1.165) is 22.2 Å². The van der Waals surface area contributed by atoms with Gasteiger partial charge < -0.3 is 20.8 Å². The number of H-pyrrole nitrogens is 1. The molecule has 2 aromatic heterocycles. The normalized spacial score (nSPS) is 10.6. The molecule has 8 heteroatoms. The van der Waals surface area contributed by atoms with E-state index in [2.05, 4.69) is 10.3 Å². The molecule has 0 aliphatic rings. The summed E-state index contributed by atoms with van der Waals surface area (Å²) in [5, 5.41) is 5.22. The largest absolute Gasteiger partial charge is 0.452 e. The molecule has 0 bridgehead atoms. The predicted octanol–water partition coefficient (Wildman–Crippen LogP) is 2.43. The number of para-hydroxylation sites is 1. The van der Waals surface area contributed by atoms with E-state index >= 15 is 0 Å². The number of hydrogen-bond donors (Lipinski definition) is 3. The second kappa shape index (κ2) is 6.78. The van der Waals surface area contributed by atoms with Crippen LogP contribution in [-0.2, 0) is 9.53 Å². The molecule has 25 heavy (non-hydrogen) atoms. The first-order valence-electron chi connectivity index (χ1n) is 7.39. The number of aromatic amines is 1. The third kappa shape index (κ3) is 3.38. The number of esters is 1. The summed E-state index contributed by atoms with van der Waals surface area (Å²) >= 11 is 1.16. The summed E-state index contributed by atoms with van der Waals surface area (Å²) in [7, 11) is 0. The van der Waals surface area contributed by atoms with Crippen LogP contribution in [0, 0.1) is 6.92 Å². The quantitative estimate of drug-likeness (QED) is 0.608. The van der Waals surface area contributed by atoms with Gasteiger partial charge in [0, 0.05) is 16.6 Å². The summed E-state index contributed by atoms with van der Waals surface area (Å²) < 4.78 is 5.10. The fourth-order valence-corrected chi connectivity index (χ4v) is 3.31. The average Bonchev–Trinajstić information content (AvgIpc) is 3.15. The van der Waals surface area contributed by atoms with Gasteiger partial charge in [0.15, 0.2) is 6.61 Å². The highest BCUT2D eigenvalue weighted by Crippen LogP contribution is 2.24. The van der Waals surface area contributed by atoms with Crippen LogP contribution in [0.5, 0.6) is 0 Å². The van der Waals surface area contributed by atoms with E-state index in [1.165, 1.54) is 6.07 Å². The van der Waals surface area contributed by atoms with Crippen molar-refractivity contribution in [2.75, 3.05) is 11.9 Å². The van der Waals surface area contributed by atoms with Gasteiger partial charge in [-0.3, -0.25) is 9.59 Å². The molecule has 0 saturated heterocycles. The monoisotopic (exact) mass is 357 g/mol. The predicted molar refractivity (Wildman–Crippen MR) is 94.8 cm³/mol. The molecule has 128 valence electrons. The molecular weight excluding hydrogens is 342 g/mol. The number of carbonyl (C=O) groups is 3. The number of nitrogens with two attached hydrogens (primary N) is 1. The average molecular weight is 357 g/mol. The van der Waals surface area contributed by atoms with Crippen LogP contribution >= 0.6 is 11.3 Å². The maximum absolute atomic E-state index is 12.3. The van der Waals surface area contributed by atoms with Crippen LogP contribution in [0.2, 0.25) is 0 Å². The van der Waals surface area contributed by atoms with Gasteiger partial charge in [0.2, 0.25) is 0 Å². The van der Waals surface area contributed by atoms with Crippen molar-refractivity contribution in [1.82, 2.24) is 4.98 Å². The van der Waals surface area contributed by atoms with Crippen molar-refractivity contribution in [3.8, 4) is 0 Å². The second-order valence-corrected chi connectivity index (χ2v) is 6.24. The van der Waals surface area contributed by atoms with Gasteiger partial charge in [-0.05, 0) is 24.4 Å². The summed E-state index contributed by atoms with van der Waals surface area (Å²) in [4.78, 5) is 38.6. The maximum Gasteiger partial charge on any atom is 0.341 e. The van der Waals surface area contributed by atoms with E-state index in [1.807, 2.05) is 18.2 Å². The molecule has 0 radical (unpaired) electrons. The summed E-state index contributed by atoms with van der Waals surface area (Å²) in [5.41, 5.74) is 7.33. The van der Waals surface area contributed by atoms with Crippen molar-refractivity contribution < 1.29 is 19.1 Å². The lowest BCUT2D eigenvalue weighted by molar-refractivity contribution is -0.119. The molecule has 4 N–H and O–H groups in total. The molecule has 2 heterocycles. The van der Waals surface area contributed by atoms with E-state index in [-0.39, 0.29) is 5.56 Å². The van der Waals surface area contributed by atoms with Crippen molar-refractivity contribution in [2.24, 2.45) is 5.73 Å². The highest BCUT2D eigenvalue weighted by molar-refractivity contribution is 7.14. The Morgan fingerprint density at radius 3 is 2.76 bits per heavy atom. The Kier molecular flexibility index (Phi) is 4.53. The van der Waals surface area contributed by atoms with Crippen LogP contribution < -0.4 is 11.1 Å². The number of benzene rings is 1. The number of aryl methyl sites for hydroxylation is 1. The number of fused-ring (bicyclic) bond motifs is 1. The van der Waals surface area contributed by atoms with E-state index in [0.29, 0.717) is 16.3 Å². The SMILES string of the molecule is Cc1[nH]c2ccccc2c1C(=O)OCC(=O)Nc1sccc1C(N)=O. The number of aromatic nitrogens is 1. The van der Waals surface area contributed by atoms with E-state index in [1.54, 1.807) is 18.4 Å². The Hall–Kier alpha value is -3.13. The fourth-order valence-electron chi connectivity index (χ4n) is 2.51. The standard InChI is InChI=1S/C17H15N3O4S/c1-9-14(10-4-2-3-5-12(10)19-9)17(23)24-8-13(21)20-16-11(15(18)22)6-7-25-16/h2-7,19H,8H2,1H3,(H2,18,22)(H,20,21). The molecule has 0 fully saturated rings. The molecule has 7 nitrogen and oxygen atoms in total. The molecule has 0 atom stereocenters. The van der Waals surface area contributed by atoms with Gasteiger partial charge in [0.05, 0.1) is 11.1 Å². The number of nitrogens with one attached hydrogen (secondary N) is 2. The number of primary amides is 1. The molecule has 3 aromatic rings. The minimum Gasteiger partial charge on any atom is -0.452 e. The van der Waals surface area contributed by atoms with Crippen LogP contribution in [0.3, 0.4) is 0 Å². The lowest BCUT2D eigenvalue weighted by Gasteiger charge is -2.06. The second-order valence-electron chi connectivity index (χ2n) is 5.32. The van der Waals surface area contributed by atoms with Crippen LogP contribution in [0.1, 0.15) is 26.4 Å². The fraction of sp³-hybridized carbons (Fsp3) is 0.118. The first-order chi connectivity index (χ1) is 12.0. The van der Waals surface area contributed by atoms with Gasteiger partial charge in [-0.15, -0.1) is 11.3 Å². The summed E-state index contributed by atoms with van der Waals surface area (Å²) in [6.45, 7) is 1.30. The van der Waals surface area contributed by atoms with Gasteiger partial charge in [-0.1, -0.05) is 18.2 Å². The number of thiophene rings is 1. The Bertz CT molecular complexity index is 973. The topological polar surface area (TPSA) is 114 Å². The smallest absolute Gasteiger partial charge is 0.341 e. The first kappa shape index (κ1) is 16.7. The Morgan fingerprint density at radius 1 is 1.24 bits per heavy atom. The van der Waals surface area contributed by atoms with Crippen molar-refractivity contribution >= 4 is 45.0 Å². The van der Waals surface area contributed by atoms with E-state index < -0.39 is 24.4 Å². The zero-order valence-electron chi connectivity index (χ0n) is 13.3. The van der Waals surface area contributed by atoms with Crippen molar-refractivity contribution in [3.63, 3.8) is 0 Å². The molecule has 1 aromatic carbocycles. The molecule has 0 spiro atoms. The molecule has 0 aliphatic carbocycles. The van der Waals surface area contributed by atoms with Crippen molar-refractivity contribution in [3.05, 3.63) is 52.5 Å². The Labute approximate surface area is 146 Å². The van der Waals surface area contributed by atoms with E-state index in [4.69, 9.17) is 10.5 Å². The molecule has 2 amide bonds. The van der Waals surface area contributed by atoms with E-state index in [9.17, 15) is 14.4 Å². The van der Waals surface area contributed by atoms with Gasteiger partial charge in [0.25, 0.3) is 11.8 Å². The highest BCUT2D eigenvalue weighted by Gasteiger charge is 2.19. The minimum absolute atomic E-state index is 0.220. The number of rotatable bonds is 5. The lowest BCUT2D eigenvalue weighted by atomic mass is 10.1. The van der Waals surface area contributed by atoms with Gasteiger partial charge in [0.1, 0.15) is 5.00 Å². The van der Waals surface area contributed by atoms with Crippen LogP contribution in [0.15, 0.2) is 35.7 Å². The lowest BCUT2D eigenvalue weighted by Crippen LogP contribution is -2.22. The number of anilines is 1.